The zero-order chi connectivity index (χ0) is 25.0. The zero-order valence-electron chi connectivity index (χ0n) is 21.5. The Bertz CT molecular complexity index is 1280. The van der Waals surface area contributed by atoms with Crippen LogP contribution in [0.3, 0.4) is 0 Å². The van der Waals surface area contributed by atoms with E-state index in [0.717, 1.165) is 37.7 Å². The van der Waals surface area contributed by atoms with Gasteiger partial charge >= 0.3 is 11.9 Å². The highest BCUT2D eigenvalue weighted by Gasteiger charge is 2.57. The van der Waals surface area contributed by atoms with Gasteiger partial charge in [0.15, 0.2) is 0 Å². The van der Waals surface area contributed by atoms with E-state index >= 15 is 0 Å². The normalized spacial score (nSPS) is 30.3. The predicted octanol–water partition coefficient (Wildman–Crippen LogP) is 7.24. The average molecular weight is 485 g/mol. The number of carbonyl (C=O) groups excluding carboxylic acids is 2. The highest BCUT2D eigenvalue weighted by atomic mass is 16.5. The molecule has 4 saturated carbocycles. The van der Waals surface area contributed by atoms with E-state index < -0.39 is 0 Å². The van der Waals surface area contributed by atoms with E-state index in [2.05, 4.69) is 54.6 Å². The van der Waals surface area contributed by atoms with Crippen LogP contribution in [0.4, 0.5) is 0 Å². The van der Waals surface area contributed by atoms with Crippen molar-refractivity contribution in [1.82, 2.24) is 0 Å². The van der Waals surface area contributed by atoms with Gasteiger partial charge in [-0.05, 0) is 95.9 Å². The molecule has 0 aliphatic heterocycles. The molecule has 4 heteroatoms. The molecule has 2 atom stereocenters. The Balaban J connectivity index is 1.14. The maximum absolute atomic E-state index is 13.4. The highest BCUT2D eigenvalue weighted by molar-refractivity contribution is 6.07. The molecule has 0 saturated heterocycles. The molecule has 2 unspecified atom stereocenters. The Morgan fingerprint density at radius 1 is 0.833 bits per heavy atom. The Morgan fingerprint density at radius 3 is 2.17 bits per heavy atom. The van der Waals surface area contributed by atoms with Crippen molar-refractivity contribution in [2.75, 3.05) is 0 Å². The van der Waals surface area contributed by atoms with Crippen molar-refractivity contribution >= 4 is 33.5 Å². The van der Waals surface area contributed by atoms with Gasteiger partial charge in [0.2, 0.25) is 0 Å². The van der Waals surface area contributed by atoms with Gasteiger partial charge in [-0.15, -0.1) is 0 Å². The van der Waals surface area contributed by atoms with Crippen molar-refractivity contribution < 1.29 is 19.1 Å². The molecule has 7 rings (SSSR count). The van der Waals surface area contributed by atoms with Gasteiger partial charge in [0, 0.05) is 0 Å². The Hall–Kier alpha value is -2.88. The van der Waals surface area contributed by atoms with Crippen molar-refractivity contribution in [3.05, 3.63) is 60.2 Å². The average Bonchev–Trinajstić information content (AvgIpc) is 2.88. The lowest BCUT2D eigenvalue weighted by molar-refractivity contribution is -0.191. The lowest BCUT2D eigenvalue weighted by Gasteiger charge is -2.56. The summed E-state index contributed by atoms with van der Waals surface area (Å²) in [6, 6.07) is 19.1. The standard InChI is InChI=1S/C32H36O4/c1-4-18(2)31(33)36-30-25-14-23-15-26(30)17-24(16-25)29(23)32(34)35-19(3)21-11-12-28-22(13-21)10-9-20-7-5-6-8-27(20)28/h5-13,18-19,23-26,29-30H,4,14-17H2,1-3H3. The zero-order valence-corrected chi connectivity index (χ0v) is 21.5. The molecule has 4 aliphatic rings. The van der Waals surface area contributed by atoms with Gasteiger partial charge in [0.1, 0.15) is 12.2 Å². The van der Waals surface area contributed by atoms with Crippen molar-refractivity contribution in [3.63, 3.8) is 0 Å². The van der Waals surface area contributed by atoms with Gasteiger partial charge in [-0.1, -0.05) is 62.4 Å². The maximum Gasteiger partial charge on any atom is 0.310 e. The summed E-state index contributed by atoms with van der Waals surface area (Å²) in [6.45, 7) is 5.96. The summed E-state index contributed by atoms with van der Waals surface area (Å²) in [5.41, 5.74) is 1.03. The number of fused-ring (bicyclic) bond motifs is 3. The van der Waals surface area contributed by atoms with Crippen LogP contribution in [-0.2, 0) is 19.1 Å². The molecule has 0 amide bonds. The third-order valence-electron chi connectivity index (χ3n) is 9.44. The van der Waals surface area contributed by atoms with Crippen molar-refractivity contribution in [3.8, 4) is 0 Å². The number of rotatable bonds is 6. The molecule has 36 heavy (non-hydrogen) atoms. The second-order valence-electron chi connectivity index (χ2n) is 11.6. The SMILES string of the molecule is CCC(C)C(=O)OC1C2CC3CC1CC(C2)C3C(=O)OC(C)c1ccc2c(ccc3ccccc32)c1. The summed E-state index contributed by atoms with van der Waals surface area (Å²) < 4.78 is 12.1. The Kier molecular flexibility index (Phi) is 6.02. The molecular formula is C32H36O4. The molecule has 4 fully saturated rings. The molecular weight excluding hydrogens is 448 g/mol. The van der Waals surface area contributed by atoms with Crippen LogP contribution in [0.1, 0.15) is 64.5 Å². The van der Waals surface area contributed by atoms with Crippen LogP contribution in [-0.4, -0.2) is 18.0 Å². The van der Waals surface area contributed by atoms with Gasteiger partial charge in [0.05, 0.1) is 11.8 Å². The molecule has 0 aromatic heterocycles. The van der Waals surface area contributed by atoms with E-state index in [9.17, 15) is 9.59 Å². The number of carbonyl (C=O) groups is 2. The third-order valence-corrected chi connectivity index (χ3v) is 9.44. The van der Waals surface area contributed by atoms with Crippen LogP contribution in [0.15, 0.2) is 54.6 Å². The van der Waals surface area contributed by atoms with E-state index in [4.69, 9.17) is 9.47 Å². The van der Waals surface area contributed by atoms with E-state index in [-0.39, 0.29) is 36.0 Å². The molecule has 0 N–H and O–H groups in total. The number of benzene rings is 3. The molecule has 4 bridgehead atoms. The summed E-state index contributed by atoms with van der Waals surface area (Å²) in [7, 11) is 0. The van der Waals surface area contributed by atoms with Crippen LogP contribution >= 0.6 is 0 Å². The van der Waals surface area contributed by atoms with E-state index in [1.807, 2.05) is 20.8 Å². The molecule has 0 heterocycles. The summed E-state index contributed by atoms with van der Waals surface area (Å²) in [5.74, 6) is 1.36. The summed E-state index contributed by atoms with van der Waals surface area (Å²) in [6.07, 6.45) is 4.47. The monoisotopic (exact) mass is 484 g/mol. The first-order chi connectivity index (χ1) is 17.4. The minimum atomic E-state index is -0.283. The fourth-order valence-corrected chi connectivity index (χ4v) is 7.43. The van der Waals surface area contributed by atoms with Crippen molar-refractivity contribution in [2.24, 2.45) is 35.5 Å². The minimum absolute atomic E-state index is 0.0180. The second-order valence-corrected chi connectivity index (χ2v) is 11.6. The molecule has 0 radical (unpaired) electrons. The molecule has 0 spiro atoms. The first-order valence-electron chi connectivity index (χ1n) is 13.7. The van der Waals surface area contributed by atoms with E-state index in [0.29, 0.717) is 23.7 Å². The van der Waals surface area contributed by atoms with Crippen LogP contribution < -0.4 is 0 Å². The molecule has 4 nitrogen and oxygen atoms in total. The lowest BCUT2D eigenvalue weighted by atomic mass is 9.50. The number of hydrogen-bond donors (Lipinski definition) is 0. The molecule has 3 aromatic rings. The van der Waals surface area contributed by atoms with Gasteiger partial charge < -0.3 is 9.47 Å². The largest absolute Gasteiger partial charge is 0.462 e. The number of esters is 2. The fraction of sp³-hybridized carbons (Fsp3) is 0.500. The third kappa shape index (κ3) is 3.99. The van der Waals surface area contributed by atoms with Crippen LogP contribution in [0, 0.1) is 35.5 Å². The van der Waals surface area contributed by atoms with Crippen LogP contribution in [0.25, 0.3) is 21.5 Å². The van der Waals surface area contributed by atoms with Crippen LogP contribution in [0.2, 0.25) is 0 Å². The fourth-order valence-electron chi connectivity index (χ4n) is 7.43. The molecule has 3 aromatic carbocycles. The second kappa shape index (κ2) is 9.21. The van der Waals surface area contributed by atoms with E-state index in [1.165, 1.54) is 21.5 Å². The first kappa shape index (κ1) is 23.5. The molecule has 188 valence electrons. The number of hydrogen-bond acceptors (Lipinski definition) is 4. The molecule has 4 aliphatic carbocycles. The summed E-state index contributed by atoms with van der Waals surface area (Å²) >= 11 is 0. The quantitative estimate of drug-likeness (QED) is 0.273. The van der Waals surface area contributed by atoms with Gasteiger partial charge in [-0.2, -0.15) is 0 Å². The number of ether oxygens (including phenoxy) is 2. The van der Waals surface area contributed by atoms with Crippen molar-refractivity contribution in [2.45, 2.75) is 65.1 Å². The smallest absolute Gasteiger partial charge is 0.310 e. The van der Waals surface area contributed by atoms with E-state index in [1.54, 1.807) is 0 Å². The summed E-state index contributed by atoms with van der Waals surface area (Å²) in [5, 5.41) is 4.87. The Labute approximate surface area is 213 Å². The van der Waals surface area contributed by atoms with Crippen LogP contribution in [0.5, 0.6) is 0 Å². The highest BCUT2D eigenvalue weighted by Crippen LogP contribution is 2.58. The first-order valence-corrected chi connectivity index (χ1v) is 13.7. The maximum atomic E-state index is 13.4. The van der Waals surface area contributed by atoms with Crippen molar-refractivity contribution in [1.29, 1.82) is 0 Å². The Morgan fingerprint density at radius 2 is 1.47 bits per heavy atom. The van der Waals surface area contributed by atoms with Gasteiger partial charge in [0.25, 0.3) is 0 Å². The lowest BCUT2D eigenvalue weighted by Crippen LogP contribution is -2.56. The topological polar surface area (TPSA) is 52.6 Å². The summed E-state index contributed by atoms with van der Waals surface area (Å²) in [4.78, 5) is 25.9. The van der Waals surface area contributed by atoms with Gasteiger partial charge in [-0.25, -0.2) is 0 Å². The minimum Gasteiger partial charge on any atom is -0.462 e. The predicted molar refractivity (Wildman–Crippen MR) is 141 cm³/mol. The van der Waals surface area contributed by atoms with Gasteiger partial charge in [-0.3, -0.25) is 9.59 Å².